The van der Waals surface area contributed by atoms with E-state index < -0.39 is 0 Å². The molecule has 0 aromatic carbocycles. The summed E-state index contributed by atoms with van der Waals surface area (Å²) in [6.07, 6.45) is 18.7. The molecule has 1 heterocycles. The van der Waals surface area contributed by atoms with Crippen LogP contribution >= 0.6 is 0 Å². The lowest BCUT2D eigenvalue weighted by atomic mass is 9.80. The summed E-state index contributed by atoms with van der Waals surface area (Å²) in [5, 5.41) is 0. The Morgan fingerprint density at radius 3 is 2.24 bits per heavy atom. The predicted molar refractivity (Wildman–Crippen MR) is 103 cm³/mol. The van der Waals surface area contributed by atoms with E-state index in [1.165, 1.54) is 64.2 Å². The third kappa shape index (κ3) is 7.03. The Balaban J connectivity index is 1.73. The van der Waals surface area contributed by atoms with Crippen LogP contribution in [0.15, 0.2) is 6.20 Å². The van der Waals surface area contributed by atoms with Gasteiger partial charge in [0.25, 0.3) is 0 Å². The molecule has 0 radical (unpaired) electrons. The molecule has 2 nitrogen and oxygen atoms in total. The molecular formula is C22H37FN2. The smallest absolute Gasteiger partial charge is 0.219 e. The fourth-order valence-electron chi connectivity index (χ4n) is 4.15. The SMILES string of the molecule is CCCCCCCCCc1cnc(C2CCC(CCC)CC2)nc1F. The first-order valence-electron chi connectivity index (χ1n) is 10.8. The van der Waals surface area contributed by atoms with E-state index in [4.69, 9.17) is 0 Å². The number of nitrogens with zero attached hydrogens (tertiary/aromatic N) is 2. The minimum atomic E-state index is -0.272. The summed E-state index contributed by atoms with van der Waals surface area (Å²) < 4.78 is 14.3. The van der Waals surface area contributed by atoms with E-state index in [9.17, 15) is 4.39 Å². The van der Waals surface area contributed by atoms with Crippen molar-refractivity contribution in [2.75, 3.05) is 0 Å². The van der Waals surface area contributed by atoms with Crippen LogP contribution in [0.5, 0.6) is 0 Å². The monoisotopic (exact) mass is 348 g/mol. The maximum Gasteiger partial charge on any atom is 0.219 e. The van der Waals surface area contributed by atoms with E-state index in [1.807, 2.05) is 0 Å². The van der Waals surface area contributed by atoms with Gasteiger partial charge in [-0.1, -0.05) is 65.2 Å². The van der Waals surface area contributed by atoms with E-state index in [0.717, 1.165) is 37.4 Å². The van der Waals surface area contributed by atoms with Crippen LogP contribution in [0.4, 0.5) is 4.39 Å². The van der Waals surface area contributed by atoms with Gasteiger partial charge in [-0.05, 0) is 44.4 Å². The van der Waals surface area contributed by atoms with Gasteiger partial charge >= 0.3 is 0 Å². The van der Waals surface area contributed by atoms with E-state index in [0.29, 0.717) is 11.5 Å². The predicted octanol–water partition coefficient (Wildman–Crippen LogP) is 6.98. The molecule has 0 N–H and O–H groups in total. The lowest BCUT2D eigenvalue weighted by Gasteiger charge is -2.27. The summed E-state index contributed by atoms with van der Waals surface area (Å²) in [6, 6.07) is 0. The third-order valence-electron chi connectivity index (χ3n) is 5.79. The second kappa shape index (κ2) is 11.6. The molecule has 1 aliphatic rings. The standard InChI is InChI=1S/C22H37FN2/c1-3-5-6-7-8-9-10-12-20-17-24-22(25-21(20)23)19-15-13-18(11-4-2)14-16-19/h17-19H,3-16H2,1-2H3. The number of aryl methyl sites for hydroxylation is 1. The van der Waals surface area contributed by atoms with Gasteiger partial charge in [0.15, 0.2) is 0 Å². The van der Waals surface area contributed by atoms with Crippen molar-refractivity contribution in [2.45, 2.75) is 110 Å². The molecule has 25 heavy (non-hydrogen) atoms. The van der Waals surface area contributed by atoms with Crippen molar-refractivity contribution in [3.8, 4) is 0 Å². The first-order valence-corrected chi connectivity index (χ1v) is 10.8. The Labute approximate surface area is 154 Å². The first-order chi connectivity index (χ1) is 12.2. The van der Waals surface area contributed by atoms with Gasteiger partial charge in [-0.3, -0.25) is 0 Å². The van der Waals surface area contributed by atoms with Crippen LogP contribution in [0.3, 0.4) is 0 Å². The van der Waals surface area contributed by atoms with Gasteiger partial charge < -0.3 is 0 Å². The Kier molecular flexibility index (Phi) is 9.42. The van der Waals surface area contributed by atoms with Crippen molar-refractivity contribution in [1.82, 2.24) is 9.97 Å². The third-order valence-corrected chi connectivity index (χ3v) is 5.79. The van der Waals surface area contributed by atoms with Crippen molar-refractivity contribution >= 4 is 0 Å². The highest BCUT2D eigenvalue weighted by molar-refractivity contribution is 5.10. The summed E-state index contributed by atoms with van der Waals surface area (Å²) in [6.45, 7) is 4.50. The maximum absolute atomic E-state index is 14.3. The summed E-state index contributed by atoms with van der Waals surface area (Å²) >= 11 is 0. The number of aromatic nitrogens is 2. The lowest BCUT2D eigenvalue weighted by Crippen LogP contribution is -2.16. The van der Waals surface area contributed by atoms with Gasteiger partial charge in [-0.25, -0.2) is 9.97 Å². The number of hydrogen-bond donors (Lipinski definition) is 0. The first kappa shape index (κ1) is 20.3. The zero-order valence-corrected chi connectivity index (χ0v) is 16.4. The highest BCUT2D eigenvalue weighted by Gasteiger charge is 2.24. The topological polar surface area (TPSA) is 25.8 Å². The minimum Gasteiger partial charge on any atom is -0.241 e. The average molecular weight is 349 g/mol. The molecule has 1 saturated carbocycles. The van der Waals surface area contributed by atoms with Gasteiger partial charge in [0, 0.05) is 17.7 Å². The molecular weight excluding hydrogens is 311 g/mol. The van der Waals surface area contributed by atoms with Gasteiger partial charge in [-0.15, -0.1) is 0 Å². The van der Waals surface area contributed by atoms with Crippen molar-refractivity contribution < 1.29 is 4.39 Å². The Bertz CT molecular complexity index is 481. The second-order valence-electron chi connectivity index (χ2n) is 7.92. The fourth-order valence-corrected chi connectivity index (χ4v) is 4.15. The molecule has 0 saturated heterocycles. The Morgan fingerprint density at radius 1 is 0.920 bits per heavy atom. The molecule has 1 aromatic heterocycles. The quantitative estimate of drug-likeness (QED) is 0.318. The second-order valence-corrected chi connectivity index (χ2v) is 7.92. The summed E-state index contributed by atoms with van der Waals surface area (Å²) in [5.74, 6) is 1.71. The molecule has 0 unspecified atom stereocenters. The van der Waals surface area contributed by atoms with Crippen LogP contribution in [0, 0.1) is 11.9 Å². The largest absolute Gasteiger partial charge is 0.241 e. The van der Waals surface area contributed by atoms with Gasteiger partial charge in [0.1, 0.15) is 5.82 Å². The number of rotatable bonds is 11. The zero-order valence-electron chi connectivity index (χ0n) is 16.4. The molecule has 1 fully saturated rings. The molecule has 3 heteroatoms. The minimum absolute atomic E-state index is 0.272. The summed E-state index contributed by atoms with van der Waals surface area (Å²) in [5.41, 5.74) is 0.706. The highest BCUT2D eigenvalue weighted by atomic mass is 19.1. The van der Waals surface area contributed by atoms with Crippen LogP contribution in [0.25, 0.3) is 0 Å². The molecule has 1 aromatic rings. The van der Waals surface area contributed by atoms with Crippen molar-refractivity contribution in [2.24, 2.45) is 5.92 Å². The molecule has 0 amide bonds. The van der Waals surface area contributed by atoms with Crippen LogP contribution in [-0.2, 0) is 6.42 Å². The number of unbranched alkanes of at least 4 members (excludes halogenated alkanes) is 6. The molecule has 0 spiro atoms. The molecule has 0 bridgehead atoms. The lowest BCUT2D eigenvalue weighted by molar-refractivity contribution is 0.300. The van der Waals surface area contributed by atoms with Gasteiger partial charge in [-0.2, -0.15) is 4.39 Å². The van der Waals surface area contributed by atoms with Crippen LogP contribution in [0.2, 0.25) is 0 Å². The van der Waals surface area contributed by atoms with Crippen LogP contribution < -0.4 is 0 Å². The molecule has 1 aliphatic carbocycles. The van der Waals surface area contributed by atoms with Crippen molar-refractivity contribution in [1.29, 1.82) is 0 Å². The van der Waals surface area contributed by atoms with E-state index in [2.05, 4.69) is 23.8 Å². The number of hydrogen-bond acceptors (Lipinski definition) is 2. The van der Waals surface area contributed by atoms with Gasteiger partial charge in [0.05, 0.1) is 0 Å². The fraction of sp³-hybridized carbons (Fsp3) is 0.818. The zero-order chi connectivity index (χ0) is 17.9. The summed E-state index contributed by atoms with van der Waals surface area (Å²) in [7, 11) is 0. The average Bonchev–Trinajstić information content (AvgIpc) is 2.63. The van der Waals surface area contributed by atoms with E-state index in [-0.39, 0.29) is 5.95 Å². The Morgan fingerprint density at radius 2 is 1.60 bits per heavy atom. The number of halogens is 1. The van der Waals surface area contributed by atoms with Crippen LogP contribution in [0.1, 0.15) is 115 Å². The molecule has 2 rings (SSSR count). The van der Waals surface area contributed by atoms with E-state index >= 15 is 0 Å². The Hall–Kier alpha value is -0.990. The van der Waals surface area contributed by atoms with Crippen LogP contribution in [-0.4, -0.2) is 9.97 Å². The normalized spacial score (nSPS) is 20.8. The van der Waals surface area contributed by atoms with E-state index in [1.54, 1.807) is 6.20 Å². The molecule has 0 aliphatic heterocycles. The molecule has 0 atom stereocenters. The van der Waals surface area contributed by atoms with Gasteiger partial charge in [0.2, 0.25) is 5.95 Å². The summed E-state index contributed by atoms with van der Waals surface area (Å²) in [4.78, 5) is 8.75. The highest BCUT2D eigenvalue weighted by Crippen LogP contribution is 2.36. The maximum atomic E-state index is 14.3. The molecule has 142 valence electrons. The van der Waals surface area contributed by atoms with Crippen molar-refractivity contribution in [3.05, 3.63) is 23.5 Å². The van der Waals surface area contributed by atoms with Crippen molar-refractivity contribution in [3.63, 3.8) is 0 Å².